The van der Waals surface area contributed by atoms with Crippen LogP contribution in [0.3, 0.4) is 0 Å². The Morgan fingerprint density at radius 3 is 2.13 bits per heavy atom. The van der Waals surface area contributed by atoms with Gasteiger partial charge in [0.15, 0.2) is 9.84 Å². The maximum absolute atomic E-state index is 12.2. The van der Waals surface area contributed by atoms with E-state index in [1.165, 1.54) is 24.3 Å². The second-order valence-electron chi connectivity index (χ2n) is 7.78. The van der Waals surface area contributed by atoms with Crippen LogP contribution >= 0.6 is 0 Å². The first-order valence-electron chi connectivity index (χ1n) is 11.1. The third-order valence-electron chi connectivity index (χ3n) is 5.10. The van der Waals surface area contributed by atoms with Crippen LogP contribution in [0.1, 0.15) is 24.0 Å². The van der Waals surface area contributed by atoms with E-state index < -0.39 is 45.5 Å². The molecule has 0 spiro atoms. The van der Waals surface area contributed by atoms with E-state index in [1.807, 2.05) is 0 Å². The minimum atomic E-state index is -3.44. The first kappa shape index (κ1) is 30.0. The molecule has 0 amide bonds. The second kappa shape index (κ2) is 14.5. The minimum Gasteiger partial charge on any atom is -0.434 e. The number of carbonyl (C=O) groups excluding carboxylic acids is 1. The van der Waals surface area contributed by atoms with Crippen molar-refractivity contribution in [3.8, 4) is 0 Å². The van der Waals surface area contributed by atoms with E-state index in [0.29, 0.717) is 22.3 Å². The summed E-state index contributed by atoms with van der Waals surface area (Å²) in [5.41, 5.74) is 2.01. The summed E-state index contributed by atoms with van der Waals surface area (Å²) in [6.45, 7) is -1.64. The summed E-state index contributed by atoms with van der Waals surface area (Å²) in [7, 11) is -3.44. The van der Waals surface area contributed by atoms with Crippen LogP contribution in [0.25, 0.3) is 11.1 Å². The average Bonchev–Trinajstić information content (AvgIpc) is 2.87. The van der Waals surface area contributed by atoms with Gasteiger partial charge in [-0.2, -0.15) is 0 Å². The zero-order chi connectivity index (χ0) is 28.1. The van der Waals surface area contributed by atoms with Gasteiger partial charge in [0.05, 0.1) is 18.1 Å². The number of aliphatic hydroxyl groups excluding tert-OH is 1. The highest BCUT2D eigenvalue weighted by Crippen LogP contribution is 2.27. The summed E-state index contributed by atoms with van der Waals surface area (Å²) >= 11 is 0. The number of aliphatic hydroxyl groups is 1. The van der Waals surface area contributed by atoms with Gasteiger partial charge in [0.2, 0.25) is 0 Å². The number of benzene rings is 2. The maximum atomic E-state index is 12.2. The van der Waals surface area contributed by atoms with Crippen LogP contribution in [0.4, 0.5) is 4.79 Å². The largest absolute Gasteiger partial charge is 0.508 e. The summed E-state index contributed by atoms with van der Waals surface area (Å²) in [5.74, 6) is 0. The molecule has 1 atom stereocenters. The lowest BCUT2D eigenvalue weighted by molar-refractivity contribution is -0.790. The van der Waals surface area contributed by atoms with E-state index in [0.717, 1.165) is 6.26 Å². The number of carbonyl (C=O) groups is 1. The molecule has 0 aromatic heterocycles. The molecule has 0 aliphatic heterocycles. The molecule has 0 heterocycles. The van der Waals surface area contributed by atoms with Crippen LogP contribution < -0.4 is 0 Å². The Labute approximate surface area is 217 Å². The molecule has 1 N–H and O–H groups in total. The van der Waals surface area contributed by atoms with Gasteiger partial charge in [0.1, 0.15) is 19.3 Å². The van der Waals surface area contributed by atoms with Gasteiger partial charge in [-0.1, -0.05) is 42.5 Å². The van der Waals surface area contributed by atoms with Crippen molar-refractivity contribution >= 4 is 27.1 Å². The van der Waals surface area contributed by atoms with E-state index >= 15 is 0 Å². The predicted octanol–water partition coefficient (Wildman–Crippen LogP) is 2.71. The zero-order valence-electron chi connectivity index (χ0n) is 20.3. The van der Waals surface area contributed by atoms with Crippen molar-refractivity contribution in [3.63, 3.8) is 0 Å². The first-order chi connectivity index (χ1) is 18.0. The number of nitrogens with zero attached hydrogens (tertiary/aromatic N) is 2. The van der Waals surface area contributed by atoms with Crippen molar-refractivity contribution in [3.05, 3.63) is 86.0 Å². The molecule has 0 saturated carbocycles. The van der Waals surface area contributed by atoms with Crippen LogP contribution in [-0.4, -0.2) is 68.6 Å². The Morgan fingerprint density at radius 1 is 0.947 bits per heavy atom. The van der Waals surface area contributed by atoms with Crippen molar-refractivity contribution in [1.82, 2.24) is 0 Å². The van der Waals surface area contributed by atoms with Crippen molar-refractivity contribution in [2.24, 2.45) is 0 Å². The van der Waals surface area contributed by atoms with Gasteiger partial charge in [0, 0.05) is 11.8 Å². The van der Waals surface area contributed by atoms with Crippen molar-refractivity contribution in [2.45, 2.75) is 23.8 Å². The predicted molar refractivity (Wildman–Crippen MR) is 131 cm³/mol. The quantitative estimate of drug-likeness (QED) is 0.111. The highest BCUT2D eigenvalue weighted by molar-refractivity contribution is 7.90. The number of ether oxygens (including phenoxy) is 2. The molecule has 0 radical (unpaired) electrons. The summed E-state index contributed by atoms with van der Waals surface area (Å²) < 4.78 is 33.8. The molecule has 0 fully saturated rings. The van der Waals surface area contributed by atoms with Crippen LogP contribution in [0, 0.1) is 20.2 Å². The fraction of sp³-hybridized carbons (Fsp3) is 0.348. The van der Waals surface area contributed by atoms with Crippen molar-refractivity contribution in [1.29, 1.82) is 0 Å². The summed E-state index contributed by atoms with van der Waals surface area (Å²) in [6, 6.07) is 14.7. The summed E-state index contributed by atoms with van der Waals surface area (Å²) in [6.07, 6.45) is -1.27. The molecular formula is C23H26N2O12S. The average molecular weight is 555 g/mol. The van der Waals surface area contributed by atoms with Crippen molar-refractivity contribution < 1.29 is 47.6 Å². The molecule has 0 aliphatic rings. The molecule has 0 aliphatic carbocycles. The standard InChI is InChI=1S/C23H26N2O12S/c1-38(32,33)20-11-9-18(10-12-20)22(21(14-26)17-6-3-2-4-7-17)16-35-23(27)34-13-5-8-19(37-25(30)31)15-36-24(28)29/h2-4,6-7,9-12,19,26H,5,8,13-16H2,1H3/b22-21-. The first-order valence-corrected chi connectivity index (χ1v) is 13.0. The smallest absolute Gasteiger partial charge is 0.434 e. The van der Waals surface area contributed by atoms with Crippen LogP contribution in [0.15, 0.2) is 59.5 Å². The lowest BCUT2D eigenvalue weighted by atomic mass is 9.95. The third kappa shape index (κ3) is 10.0. The molecule has 2 aromatic carbocycles. The lowest BCUT2D eigenvalue weighted by Crippen LogP contribution is -2.25. The molecule has 2 aromatic rings. The van der Waals surface area contributed by atoms with Crippen LogP contribution in [0.2, 0.25) is 0 Å². The molecule has 14 nitrogen and oxygen atoms in total. The van der Waals surface area contributed by atoms with Gasteiger partial charge >= 0.3 is 6.16 Å². The maximum Gasteiger partial charge on any atom is 0.508 e. The van der Waals surface area contributed by atoms with Gasteiger partial charge in [-0.05, 0) is 41.7 Å². The van der Waals surface area contributed by atoms with Gasteiger partial charge < -0.3 is 24.3 Å². The minimum absolute atomic E-state index is 0.0518. The third-order valence-corrected chi connectivity index (χ3v) is 6.23. The highest BCUT2D eigenvalue weighted by atomic mass is 32.2. The van der Waals surface area contributed by atoms with E-state index in [4.69, 9.17) is 9.47 Å². The van der Waals surface area contributed by atoms with E-state index in [9.17, 15) is 38.5 Å². The van der Waals surface area contributed by atoms with Gasteiger partial charge in [0.25, 0.3) is 10.2 Å². The Hall–Kier alpha value is -4.24. The molecule has 15 heteroatoms. The summed E-state index contributed by atoms with van der Waals surface area (Å²) in [5, 5.41) is 28.7. The van der Waals surface area contributed by atoms with Crippen molar-refractivity contribution in [2.75, 3.05) is 32.7 Å². The molecule has 0 bridgehead atoms. The Kier molecular flexibility index (Phi) is 11.4. The fourth-order valence-electron chi connectivity index (χ4n) is 3.32. The number of hydrogen-bond acceptors (Lipinski definition) is 12. The summed E-state index contributed by atoms with van der Waals surface area (Å²) in [4.78, 5) is 41.5. The highest BCUT2D eigenvalue weighted by Gasteiger charge is 2.18. The van der Waals surface area contributed by atoms with Gasteiger partial charge in [-0.3, -0.25) is 0 Å². The van der Waals surface area contributed by atoms with E-state index in [-0.39, 0.29) is 31.0 Å². The molecular weight excluding hydrogens is 528 g/mol. The molecule has 2 rings (SSSR count). The Morgan fingerprint density at radius 2 is 1.58 bits per heavy atom. The van der Waals surface area contributed by atoms with Crippen LogP contribution in [0.5, 0.6) is 0 Å². The van der Waals surface area contributed by atoms with Gasteiger partial charge in [-0.25, -0.2) is 13.2 Å². The Balaban J connectivity index is 2.08. The van der Waals surface area contributed by atoms with Gasteiger partial charge in [-0.15, -0.1) is 20.2 Å². The molecule has 206 valence electrons. The number of hydrogen-bond donors (Lipinski definition) is 1. The fourth-order valence-corrected chi connectivity index (χ4v) is 3.95. The number of rotatable bonds is 15. The Bertz CT molecular complexity index is 1230. The normalized spacial score (nSPS) is 12.6. The topological polar surface area (TPSA) is 195 Å². The van der Waals surface area contributed by atoms with E-state index in [2.05, 4.69) is 9.68 Å². The molecule has 0 saturated heterocycles. The lowest BCUT2D eigenvalue weighted by Gasteiger charge is -2.16. The zero-order valence-corrected chi connectivity index (χ0v) is 21.1. The number of sulfone groups is 1. The van der Waals surface area contributed by atoms with E-state index in [1.54, 1.807) is 30.3 Å². The second-order valence-corrected chi connectivity index (χ2v) is 9.79. The molecule has 1 unspecified atom stereocenters. The SMILES string of the molecule is CS(=O)(=O)c1ccc(/C(COC(=O)OCCCC(CO[N+](=O)[O-])O[N+](=O)[O-])=C(/CO)c2ccccc2)cc1. The molecule has 38 heavy (non-hydrogen) atoms. The monoisotopic (exact) mass is 554 g/mol. The van der Waals surface area contributed by atoms with Crippen LogP contribution in [-0.2, 0) is 29.0 Å².